The highest BCUT2D eigenvalue weighted by Gasteiger charge is 2.28. The second-order valence-electron chi connectivity index (χ2n) is 26.3. The van der Waals surface area contributed by atoms with Crippen LogP contribution in [0.4, 0.5) is 0 Å². The number of aliphatic hydroxyl groups excluding tert-OH is 1. The van der Waals surface area contributed by atoms with E-state index in [0.29, 0.717) is 17.4 Å². The zero-order valence-corrected chi connectivity index (χ0v) is 57.1. The van der Waals surface area contributed by atoms with Gasteiger partial charge in [0.2, 0.25) is 5.91 Å². The number of unbranched alkanes of at least 4 members (excludes halogenated alkanes) is 49. The number of quaternary nitrogens is 1. The molecule has 0 aliphatic heterocycles. The molecule has 1 amide bonds. The van der Waals surface area contributed by atoms with Gasteiger partial charge in [0, 0.05) is 6.42 Å². The third kappa shape index (κ3) is 67.8. The van der Waals surface area contributed by atoms with E-state index < -0.39 is 20.0 Å². The minimum atomic E-state index is -4.36. The normalized spacial score (nSPS) is 13.9. The summed E-state index contributed by atoms with van der Waals surface area (Å²) in [6.45, 7) is 4.84. The van der Waals surface area contributed by atoms with E-state index in [0.717, 1.165) is 44.9 Å². The zero-order chi connectivity index (χ0) is 60.5. The van der Waals surface area contributed by atoms with E-state index in [9.17, 15) is 19.4 Å². The first-order valence-electron chi connectivity index (χ1n) is 36.5. The fourth-order valence-electron chi connectivity index (χ4n) is 11.1. The first-order chi connectivity index (χ1) is 40.5. The first-order valence-corrected chi connectivity index (χ1v) is 38.0. The molecule has 0 aromatic carbocycles. The van der Waals surface area contributed by atoms with Gasteiger partial charge in [-0.15, -0.1) is 0 Å². The molecule has 0 saturated carbocycles. The Balaban J connectivity index is 4.06. The quantitative estimate of drug-likeness (QED) is 0.0243. The summed E-state index contributed by atoms with van der Waals surface area (Å²) in [5.41, 5.74) is 0. The molecule has 0 saturated heterocycles. The van der Waals surface area contributed by atoms with Gasteiger partial charge in [-0.3, -0.25) is 13.8 Å². The van der Waals surface area contributed by atoms with Crippen LogP contribution in [0.3, 0.4) is 0 Å². The Bertz CT molecular complexity index is 1490. The van der Waals surface area contributed by atoms with Crippen molar-refractivity contribution >= 4 is 13.7 Å². The highest BCUT2D eigenvalue weighted by Crippen LogP contribution is 2.43. The van der Waals surface area contributed by atoms with Crippen molar-refractivity contribution in [1.29, 1.82) is 0 Å². The maximum Gasteiger partial charge on any atom is 0.472 e. The summed E-state index contributed by atoms with van der Waals surface area (Å²) in [5.74, 6) is -0.181. The molecule has 83 heavy (non-hydrogen) atoms. The van der Waals surface area contributed by atoms with Gasteiger partial charge in [0.25, 0.3) is 0 Å². The van der Waals surface area contributed by atoms with Gasteiger partial charge < -0.3 is 19.8 Å². The van der Waals surface area contributed by atoms with Gasteiger partial charge in [-0.25, -0.2) is 4.57 Å². The smallest absolute Gasteiger partial charge is 0.387 e. The van der Waals surface area contributed by atoms with Gasteiger partial charge in [0.05, 0.1) is 39.9 Å². The monoisotopic (exact) mass is 1190 g/mol. The maximum absolute atomic E-state index is 13.1. The maximum atomic E-state index is 13.1. The molecule has 3 unspecified atom stereocenters. The average Bonchev–Trinajstić information content (AvgIpc) is 3.50. The second-order valence-corrected chi connectivity index (χ2v) is 27.8. The van der Waals surface area contributed by atoms with Crippen molar-refractivity contribution < 1.29 is 32.9 Å². The lowest BCUT2D eigenvalue weighted by atomic mass is 10.0. The van der Waals surface area contributed by atoms with Crippen LogP contribution >= 0.6 is 7.82 Å². The van der Waals surface area contributed by atoms with Crippen LogP contribution in [0, 0.1) is 0 Å². The van der Waals surface area contributed by atoms with Crippen LogP contribution < -0.4 is 5.32 Å². The average molecular weight is 1190 g/mol. The zero-order valence-electron chi connectivity index (χ0n) is 56.2. The number of aliphatic hydroxyl groups is 1. The molecule has 3 atom stereocenters. The third-order valence-corrected chi connectivity index (χ3v) is 17.8. The van der Waals surface area contributed by atoms with Crippen molar-refractivity contribution in [1.82, 2.24) is 5.32 Å². The number of likely N-dealkylation sites (N-methyl/N-ethyl adjacent to an activating group) is 1. The largest absolute Gasteiger partial charge is 0.472 e. The molecule has 8 nitrogen and oxygen atoms in total. The summed E-state index contributed by atoms with van der Waals surface area (Å²) in [7, 11) is 1.57. The molecule has 0 heterocycles. The molecule has 0 aromatic rings. The highest BCUT2D eigenvalue weighted by atomic mass is 31.2. The number of phosphoric acid groups is 1. The fourth-order valence-corrected chi connectivity index (χ4v) is 11.8. The van der Waals surface area contributed by atoms with Crippen LogP contribution in [-0.2, 0) is 18.4 Å². The topological polar surface area (TPSA) is 105 Å². The van der Waals surface area contributed by atoms with Crippen molar-refractivity contribution in [2.45, 2.75) is 379 Å². The first kappa shape index (κ1) is 81.5. The number of rotatable bonds is 68. The van der Waals surface area contributed by atoms with Crippen LogP contribution in [0.15, 0.2) is 48.6 Å². The van der Waals surface area contributed by atoms with Crippen molar-refractivity contribution in [2.24, 2.45) is 0 Å². The molecule has 0 aliphatic rings. The van der Waals surface area contributed by atoms with Gasteiger partial charge in [-0.05, 0) is 64.2 Å². The predicted octanol–water partition coefficient (Wildman–Crippen LogP) is 23.4. The number of carbonyl (C=O) groups is 1. The Labute approximate surface area is 518 Å². The number of carbonyl (C=O) groups excluding carboxylic acids is 1. The van der Waals surface area contributed by atoms with Gasteiger partial charge in [-0.1, -0.05) is 345 Å². The molecule has 0 radical (unpaired) electrons. The van der Waals surface area contributed by atoms with Gasteiger partial charge in [0.1, 0.15) is 13.2 Å². The van der Waals surface area contributed by atoms with Crippen LogP contribution in [0.25, 0.3) is 0 Å². The van der Waals surface area contributed by atoms with Crippen LogP contribution in [0.5, 0.6) is 0 Å². The van der Waals surface area contributed by atoms with Gasteiger partial charge in [-0.2, -0.15) is 0 Å². The number of hydrogen-bond acceptors (Lipinski definition) is 5. The number of hydrogen-bond donors (Lipinski definition) is 3. The number of phosphoric ester groups is 1. The molecule has 0 spiro atoms. The summed E-state index contributed by atoms with van der Waals surface area (Å²) in [6, 6.07) is -0.865. The Kier molecular flexibility index (Phi) is 63.7. The van der Waals surface area contributed by atoms with Crippen molar-refractivity contribution in [3.8, 4) is 0 Å². The summed E-state index contributed by atoms with van der Waals surface area (Å²) < 4.78 is 23.8. The number of nitrogens with one attached hydrogen (secondary N) is 1. The van der Waals surface area contributed by atoms with Crippen molar-refractivity contribution in [3.05, 3.63) is 48.6 Å². The second kappa shape index (κ2) is 64.9. The third-order valence-electron chi connectivity index (χ3n) is 16.8. The van der Waals surface area contributed by atoms with Crippen LogP contribution in [0.1, 0.15) is 367 Å². The van der Waals surface area contributed by atoms with E-state index in [1.54, 1.807) is 6.08 Å². The van der Waals surface area contributed by atoms with Gasteiger partial charge >= 0.3 is 7.82 Å². The Morgan fingerprint density at radius 3 is 1.04 bits per heavy atom. The lowest BCUT2D eigenvalue weighted by Crippen LogP contribution is -2.45. The van der Waals surface area contributed by atoms with Crippen molar-refractivity contribution in [3.63, 3.8) is 0 Å². The molecule has 0 aliphatic carbocycles. The molecule has 0 fully saturated rings. The Hall–Kier alpha value is -1.54. The van der Waals surface area contributed by atoms with Crippen molar-refractivity contribution in [2.75, 3.05) is 40.9 Å². The molecule has 0 aromatic heterocycles. The van der Waals surface area contributed by atoms with E-state index in [2.05, 4.69) is 55.6 Å². The predicted molar refractivity (Wildman–Crippen MR) is 364 cm³/mol. The highest BCUT2D eigenvalue weighted by molar-refractivity contribution is 7.47. The molecular weight excluding hydrogens is 1040 g/mol. The molecule has 0 bridgehead atoms. The molecular formula is C74H144N2O6P+. The number of allylic oxidation sites excluding steroid dienone is 7. The minimum Gasteiger partial charge on any atom is -0.387 e. The number of nitrogens with zero attached hydrogens (tertiary/aromatic N) is 1. The molecule has 490 valence electrons. The fraction of sp³-hybridized carbons (Fsp3) is 0.878. The van der Waals surface area contributed by atoms with E-state index in [1.807, 2.05) is 27.2 Å². The number of amides is 1. The van der Waals surface area contributed by atoms with Gasteiger partial charge in [0.15, 0.2) is 0 Å². The Morgan fingerprint density at radius 1 is 0.410 bits per heavy atom. The lowest BCUT2D eigenvalue weighted by Gasteiger charge is -2.25. The molecule has 0 rings (SSSR count). The summed E-state index contributed by atoms with van der Waals surface area (Å²) >= 11 is 0. The summed E-state index contributed by atoms with van der Waals surface area (Å²) in [5, 5.41) is 14.0. The summed E-state index contributed by atoms with van der Waals surface area (Å²) in [4.78, 5) is 23.4. The van der Waals surface area contributed by atoms with Crippen LogP contribution in [-0.4, -0.2) is 73.4 Å². The molecule has 9 heteroatoms. The lowest BCUT2D eigenvalue weighted by molar-refractivity contribution is -0.870. The minimum absolute atomic E-state index is 0.0569. The van der Waals surface area contributed by atoms with E-state index in [-0.39, 0.29) is 19.1 Å². The van der Waals surface area contributed by atoms with E-state index in [1.165, 1.54) is 302 Å². The molecule has 3 N–H and O–H groups in total. The van der Waals surface area contributed by atoms with E-state index in [4.69, 9.17) is 9.05 Å². The van der Waals surface area contributed by atoms with Crippen LogP contribution in [0.2, 0.25) is 0 Å². The van der Waals surface area contributed by atoms with E-state index >= 15 is 0 Å². The summed E-state index contributed by atoms with van der Waals surface area (Å²) in [6.07, 6.45) is 88.5. The Morgan fingerprint density at radius 2 is 0.699 bits per heavy atom. The standard InChI is InChI=1S/C74H143N2O6P/c1-6-8-10-12-14-16-18-20-22-24-26-28-30-32-34-36-37-38-40-41-43-45-47-49-51-53-55-57-59-61-63-65-67-73(77)72(71-82-83(79,80)81-70-69-76(3,4)5)75-74(78)68-66-64-62-60-58-56-54-52-50-48-46-44-42-39-35-33-31-29-27-25-23-21-19-17-15-13-11-9-7-2/h19,21,25,27,57,59,65,67,72-73,77H,6-18,20,22-24,26,28-56,58,60-64,66,68-71H2,1-5H3,(H-,75,78,79,80)/p+1/b21-19-,27-25-,59-57+,67-65+. The SMILES string of the molecule is CCCCCCC/C=C\C/C=C\CCCCCCCCCCCCCCCCCCCC(=O)NC(COP(=O)(O)OCC[N+](C)(C)C)C(O)/C=C/CC/C=C/CCCCCCCCCCCCCCCCCCCCCCCCCCCC.